The van der Waals surface area contributed by atoms with Crippen molar-refractivity contribution in [3.63, 3.8) is 0 Å². The third-order valence-corrected chi connectivity index (χ3v) is 7.14. The van der Waals surface area contributed by atoms with Crippen LogP contribution in [0.2, 0.25) is 0 Å². The molecule has 4 atom stereocenters. The fourth-order valence-electron chi connectivity index (χ4n) is 5.52. The number of hydrogen-bond donors (Lipinski definition) is 0. The molecule has 2 aliphatic heterocycles. The second kappa shape index (κ2) is 6.86. The first kappa shape index (κ1) is 18.1. The molecule has 0 amide bonds. The number of fused-ring (bicyclic) bond motifs is 6. The van der Waals surface area contributed by atoms with Crippen LogP contribution in [-0.4, -0.2) is 10.9 Å². The molecule has 1 nitrogen and oxygen atoms in total. The molecule has 0 saturated heterocycles. The van der Waals surface area contributed by atoms with Crippen molar-refractivity contribution in [3.05, 3.63) is 105 Å². The Kier molecular flexibility index (Phi) is 4.45. The van der Waals surface area contributed by atoms with Gasteiger partial charge in [0.05, 0.1) is 6.04 Å². The third-order valence-electron chi connectivity index (χ3n) is 6.64. The van der Waals surface area contributed by atoms with E-state index in [-0.39, 0.29) is 0 Å². The van der Waals surface area contributed by atoms with E-state index in [1.54, 1.807) is 0 Å². The molecular formula is C26H26BrN. The van der Waals surface area contributed by atoms with E-state index < -0.39 is 0 Å². The van der Waals surface area contributed by atoms with Gasteiger partial charge in [0.25, 0.3) is 0 Å². The van der Waals surface area contributed by atoms with Gasteiger partial charge in [0.1, 0.15) is 0 Å². The molecule has 2 heterocycles. The first-order chi connectivity index (χ1) is 13.6. The first-order valence-electron chi connectivity index (χ1n) is 10.2. The van der Waals surface area contributed by atoms with Crippen molar-refractivity contribution in [2.45, 2.75) is 45.3 Å². The second-order valence-corrected chi connectivity index (χ2v) is 9.53. The summed E-state index contributed by atoms with van der Waals surface area (Å²) in [5, 5.41) is 0. The summed E-state index contributed by atoms with van der Waals surface area (Å²) < 4.78 is 1.16. The minimum absolute atomic E-state index is 0.297. The van der Waals surface area contributed by atoms with Crippen molar-refractivity contribution >= 4 is 15.9 Å². The molecule has 142 valence electrons. The van der Waals surface area contributed by atoms with Crippen molar-refractivity contribution in [1.29, 1.82) is 0 Å². The quantitative estimate of drug-likeness (QED) is 0.429. The van der Waals surface area contributed by atoms with E-state index in [2.05, 4.69) is 108 Å². The molecule has 0 spiro atoms. The molecule has 2 unspecified atom stereocenters. The predicted molar refractivity (Wildman–Crippen MR) is 120 cm³/mol. The van der Waals surface area contributed by atoms with Crippen LogP contribution in [0, 0.1) is 12.8 Å². The molecule has 5 rings (SSSR count). The zero-order chi connectivity index (χ0) is 19.4. The molecule has 3 aromatic rings. The average molecular weight is 432 g/mol. The Labute approximate surface area is 176 Å². The molecule has 28 heavy (non-hydrogen) atoms. The highest BCUT2D eigenvalue weighted by Crippen LogP contribution is 2.52. The minimum Gasteiger partial charge on any atom is -0.284 e. The number of aryl methyl sites for hydroxylation is 1. The fraction of sp³-hybridized carbons (Fsp3) is 0.308. The molecule has 0 fully saturated rings. The van der Waals surface area contributed by atoms with Gasteiger partial charge in [-0.25, -0.2) is 0 Å². The number of benzene rings is 3. The first-order valence-corrected chi connectivity index (χ1v) is 11.0. The topological polar surface area (TPSA) is 3.24 Å². The summed E-state index contributed by atoms with van der Waals surface area (Å²) >= 11 is 3.72. The summed E-state index contributed by atoms with van der Waals surface area (Å²) in [4.78, 5) is 2.77. The minimum atomic E-state index is 0.297. The van der Waals surface area contributed by atoms with Gasteiger partial charge in [-0.15, -0.1) is 0 Å². The molecule has 3 aromatic carbocycles. The Balaban J connectivity index is 1.80. The summed E-state index contributed by atoms with van der Waals surface area (Å²) in [6, 6.07) is 25.8. The van der Waals surface area contributed by atoms with Crippen LogP contribution in [0.5, 0.6) is 0 Å². The number of nitrogens with zero attached hydrogens (tertiary/aromatic N) is 1. The van der Waals surface area contributed by atoms with Gasteiger partial charge in [-0.1, -0.05) is 84.4 Å². The van der Waals surface area contributed by atoms with Gasteiger partial charge < -0.3 is 0 Å². The maximum atomic E-state index is 3.72. The lowest BCUT2D eigenvalue weighted by molar-refractivity contribution is 0.0703. The van der Waals surface area contributed by atoms with Crippen molar-refractivity contribution in [1.82, 2.24) is 4.90 Å². The predicted octanol–water partition coefficient (Wildman–Crippen LogP) is 6.83. The highest BCUT2D eigenvalue weighted by atomic mass is 79.9. The number of halogens is 1. The lowest BCUT2D eigenvalue weighted by atomic mass is 9.68. The molecule has 0 saturated carbocycles. The second-order valence-electron chi connectivity index (χ2n) is 8.62. The standard InChI is InChI=1S/C26H26BrN/c1-16(2)25-24-20-9-5-4-8-18(20)15-28(25)26(22-11-7-6-10-21(22)24)23-14-19(27)13-12-17(23)3/h4-14,16,24-26H,15H2,1-3H3/t24-,25?,26+/m0/s1. The molecule has 0 radical (unpaired) electrons. The van der Waals surface area contributed by atoms with Gasteiger partial charge in [0.15, 0.2) is 0 Å². The summed E-state index contributed by atoms with van der Waals surface area (Å²) in [5.74, 6) is 1.03. The van der Waals surface area contributed by atoms with Crippen molar-refractivity contribution in [2.24, 2.45) is 5.92 Å². The fourth-order valence-corrected chi connectivity index (χ4v) is 5.89. The highest BCUT2D eigenvalue weighted by molar-refractivity contribution is 9.10. The van der Waals surface area contributed by atoms with E-state index in [9.17, 15) is 0 Å². The zero-order valence-electron chi connectivity index (χ0n) is 16.7. The van der Waals surface area contributed by atoms with Crippen LogP contribution in [0.1, 0.15) is 59.2 Å². The summed E-state index contributed by atoms with van der Waals surface area (Å²) in [5.41, 5.74) is 8.77. The van der Waals surface area contributed by atoms with Gasteiger partial charge in [0.2, 0.25) is 0 Å². The lowest BCUT2D eigenvalue weighted by Crippen LogP contribution is -2.52. The van der Waals surface area contributed by atoms with Crippen LogP contribution < -0.4 is 0 Å². The van der Waals surface area contributed by atoms with Gasteiger partial charge in [0, 0.05) is 23.0 Å². The van der Waals surface area contributed by atoms with Gasteiger partial charge in [-0.05, 0) is 58.4 Å². The van der Waals surface area contributed by atoms with Crippen molar-refractivity contribution in [3.8, 4) is 0 Å². The molecule has 0 N–H and O–H groups in total. The molecule has 0 aliphatic carbocycles. The normalized spacial score (nSPS) is 25.3. The summed E-state index contributed by atoms with van der Waals surface area (Å²) in [7, 11) is 0. The molecule has 0 aromatic heterocycles. The van der Waals surface area contributed by atoms with E-state index >= 15 is 0 Å². The Morgan fingerprint density at radius 3 is 2.29 bits per heavy atom. The van der Waals surface area contributed by atoms with Crippen LogP contribution >= 0.6 is 15.9 Å². The maximum Gasteiger partial charge on any atom is 0.0613 e. The van der Waals surface area contributed by atoms with E-state index in [0.717, 1.165) is 11.0 Å². The largest absolute Gasteiger partial charge is 0.284 e. The van der Waals surface area contributed by atoms with Crippen LogP contribution in [0.25, 0.3) is 0 Å². The third kappa shape index (κ3) is 2.69. The van der Waals surface area contributed by atoms with Crippen LogP contribution in [0.15, 0.2) is 71.2 Å². The van der Waals surface area contributed by atoms with E-state index in [1.807, 2.05) is 0 Å². The monoisotopic (exact) mass is 431 g/mol. The van der Waals surface area contributed by atoms with Gasteiger partial charge >= 0.3 is 0 Å². The molecule has 2 bridgehead atoms. The van der Waals surface area contributed by atoms with E-state index in [0.29, 0.717) is 23.9 Å². The van der Waals surface area contributed by atoms with Gasteiger partial charge in [-0.3, -0.25) is 4.90 Å². The van der Waals surface area contributed by atoms with E-state index in [4.69, 9.17) is 0 Å². The summed E-state index contributed by atoms with van der Waals surface area (Å²) in [6.45, 7) is 8.04. The SMILES string of the molecule is Cc1ccc(Br)cc1[C@H]1c2ccccc2[C@@H]2c3ccccc3CN1C2C(C)C. The lowest BCUT2D eigenvalue weighted by Gasteiger charge is -2.53. The van der Waals surface area contributed by atoms with Crippen molar-refractivity contribution in [2.75, 3.05) is 0 Å². The Morgan fingerprint density at radius 2 is 1.54 bits per heavy atom. The zero-order valence-corrected chi connectivity index (χ0v) is 18.3. The number of rotatable bonds is 2. The van der Waals surface area contributed by atoms with Crippen LogP contribution in [0.4, 0.5) is 0 Å². The van der Waals surface area contributed by atoms with Crippen LogP contribution in [0.3, 0.4) is 0 Å². The molecular weight excluding hydrogens is 406 g/mol. The maximum absolute atomic E-state index is 3.72. The smallest absolute Gasteiger partial charge is 0.0613 e. The van der Waals surface area contributed by atoms with Crippen molar-refractivity contribution < 1.29 is 0 Å². The molecule has 2 heteroatoms. The Bertz CT molecular complexity index is 1040. The average Bonchev–Trinajstić information content (AvgIpc) is 2.69. The highest BCUT2D eigenvalue weighted by Gasteiger charge is 2.46. The van der Waals surface area contributed by atoms with Crippen LogP contribution in [-0.2, 0) is 6.54 Å². The van der Waals surface area contributed by atoms with Gasteiger partial charge in [-0.2, -0.15) is 0 Å². The van der Waals surface area contributed by atoms with E-state index in [1.165, 1.54) is 33.4 Å². The Hall–Kier alpha value is -1.90. The Morgan fingerprint density at radius 1 is 0.857 bits per heavy atom. The number of hydrogen-bond acceptors (Lipinski definition) is 1. The molecule has 2 aliphatic rings. The summed E-state index contributed by atoms with van der Waals surface area (Å²) in [6.07, 6.45) is 0.